The van der Waals surface area contributed by atoms with E-state index in [-0.39, 0.29) is 5.91 Å². The lowest BCUT2D eigenvalue weighted by Gasteiger charge is -2.31. The van der Waals surface area contributed by atoms with Crippen molar-refractivity contribution < 1.29 is 9.32 Å². The highest BCUT2D eigenvalue weighted by molar-refractivity contribution is 5.97. The molecular weight excluding hydrogens is 388 g/mol. The van der Waals surface area contributed by atoms with Crippen LogP contribution in [-0.4, -0.2) is 40.6 Å². The van der Waals surface area contributed by atoms with Gasteiger partial charge in [-0.1, -0.05) is 41.6 Å². The number of carbonyl (C=O) groups is 1. The highest BCUT2D eigenvalue weighted by Crippen LogP contribution is 2.22. The van der Waals surface area contributed by atoms with Crippen molar-refractivity contribution in [3.63, 3.8) is 0 Å². The van der Waals surface area contributed by atoms with Gasteiger partial charge in [0.1, 0.15) is 5.69 Å². The fourth-order valence-electron chi connectivity index (χ4n) is 4.23. The Morgan fingerprint density at radius 1 is 1.10 bits per heavy atom. The van der Waals surface area contributed by atoms with Crippen LogP contribution in [0.5, 0.6) is 0 Å². The molecule has 2 N–H and O–H groups in total. The minimum atomic E-state index is -0.00553. The first-order valence-electron chi connectivity index (χ1n) is 10.8. The second-order valence-electron chi connectivity index (χ2n) is 8.25. The van der Waals surface area contributed by atoms with Gasteiger partial charge in [-0.05, 0) is 55.4 Å². The van der Waals surface area contributed by atoms with Crippen LogP contribution in [0.4, 0.5) is 0 Å². The van der Waals surface area contributed by atoms with Gasteiger partial charge in [0.2, 0.25) is 0 Å². The van der Waals surface area contributed by atoms with Crippen molar-refractivity contribution in [2.75, 3.05) is 19.6 Å². The number of carbonyl (C=O) groups excluding carboxylic acids is 1. The number of fused-ring (bicyclic) bond motifs is 1. The first-order valence-corrected chi connectivity index (χ1v) is 10.8. The molecule has 1 saturated heterocycles. The third kappa shape index (κ3) is 4.54. The Morgan fingerprint density at radius 3 is 2.77 bits per heavy atom. The molecule has 4 aromatic rings. The minimum Gasteiger partial charge on any atom is -0.361 e. The maximum absolute atomic E-state index is 12.5. The number of likely N-dealkylation sites (tertiary alicyclic amines) is 1. The van der Waals surface area contributed by atoms with Gasteiger partial charge in [0.25, 0.3) is 5.91 Å². The molecule has 1 fully saturated rings. The Morgan fingerprint density at radius 2 is 1.94 bits per heavy atom. The average Bonchev–Trinajstić information content (AvgIpc) is 3.48. The maximum Gasteiger partial charge on any atom is 0.251 e. The van der Waals surface area contributed by atoms with Gasteiger partial charge in [-0.2, -0.15) is 0 Å². The second kappa shape index (κ2) is 8.78. The number of hydrogen-bond acceptors (Lipinski definition) is 4. The van der Waals surface area contributed by atoms with Crippen molar-refractivity contribution in [3.05, 3.63) is 78.2 Å². The van der Waals surface area contributed by atoms with Crippen LogP contribution < -0.4 is 5.32 Å². The number of benzene rings is 2. The van der Waals surface area contributed by atoms with E-state index in [9.17, 15) is 4.79 Å². The third-order valence-corrected chi connectivity index (χ3v) is 6.08. The molecule has 1 amide bonds. The minimum absolute atomic E-state index is 0.00553. The van der Waals surface area contributed by atoms with Gasteiger partial charge in [-0.15, -0.1) is 0 Å². The molecular formula is C25H26N4O2. The number of H-pyrrole nitrogens is 1. The lowest BCUT2D eigenvalue weighted by Crippen LogP contribution is -2.38. The Kier molecular flexibility index (Phi) is 5.54. The Balaban J connectivity index is 1.09. The number of amides is 1. The summed E-state index contributed by atoms with van der Waals surface area (Å²) in [6.45, 7) is 3.48. The van der Waals surface area contributed by atoms with E-state index in [0.29, 0.717) is 11.5 Å². The van der Waals surface area contributed by atoms with Gasteiger partial charge in [0.15, 0.2) is 5.76 Å². The van der Waals surface area contributed by atoms with E-state index < -0.39 is 0 Å². The van der Waals surface area contributed by atoms with E-state index in [2.05, 4.69) is 20.4 Å². The number of aromatic nitrogens is 2. The summed E-state index contributed by atoms with van der Waals surface area (Å²) in [7, 11) is 0. The summed E-state index contributed by atoms with van der Waals surface area (Å²) in [5.41, 5.74) is 3.64. The van der Waals surface area contributed by atoms with Crippen LogP contribution in [0, 0.1) is 5.92 Å². The summed E-state index contributed by atoms with van der Waals surface area (Å²) in [5, 5.41) is 8.44. The number of hydrogen-bond donors (Lipinski definition) is 2. The van der Waals surface area contributed by atoms with Gasteiger partial charge in [-0.3, -0.25) is 9.69 Å². The van der Waals surface area contributed by atoms with Gasteiger partial charge in [0, 0.05) is 35.5 Å². The molecule has 0 atom stereocenters. The van der Waals surface area contributed by atoms with Crippen molar-refractivity contribution in [2.45, 2.75) is 19.4 Å². The summed E-state index contributed by atoms with van der Waals surface area (Å²) in [6.07, 6.45) is 4.02. The molecule has 2 aromatic heterocycles. The van der Waals surface area contributed by atoms with E-state index in [1.54, 1.807) is 0 Å². The van der Waals surface area contributed by atoms with Crippen molar-refractivity contribution >= 4 is 16.8 Å². The maximum atomic E-state index is 12.5. The highest BCUT2D eigenvalue weighted by Gasteiger charge is 2.21. The van der Waals surface area contributed by atoms with Gasteiger partial charge in [0.05, 0.1) is 6.54 Å². The number of nitrogens with one attached hydrogen (secondary N) is 2. The molecule has 3 heterocycles. The molecule has 6 heteroatoms. The van der Waals surface area contributed by atoms with Gasteiger partial charge in [-0.25, -0.2) is 0 Å². The first-order chi connectivity index (χ1) is 15.2. The van der Waals surface area contributed by atoms with Crippen molar-refractivity contribution in [2.24, 2.45) is 5.92 Å². The zero-order valence-corrected chi connectivity index (χ0v) is 17.4. The molecule has 6 nitrogen and oxygen atoms in total. The molecule has 2 aromatic carbocycles. The zero-order valence-electron chi connectivity index (χ0n) is 17.4. The normalized spacial score (nSPS) is 15.4. The highest BCUT2D eigenvalue weighted by atomic mass is 16.5. The summed E-state index contributed by atoms with van der Waals surface area (Å²) in [4.78, 5) is 18.1. The molecule has 0 spiro atoms. The Labute approximate surface area is 181 Å². The summed E-state index contributed by atoms with van der Waals surface area (Å²) in [5.74, 6) is 1.39. The van der Waals surface area contributed by atoms with Crippen LogP contribution >= 0.6 is 0 Å². The van der Waals surface area contributed by atoms with Crippen LogP contribution in [0.2, 0.25) is 0 Å². The molecule has 0 aliphatic carbocycles. The fourth-order valence-corrected chi connectivity index (χ4v) is 4.23. The van der Waals surface area contributed by atoms with Crippen LogP contribution in [-0.2, 0) is 6.54 Å². The molecule has 1 aliphatic heterocycles. The van der Waals surface area contributed by atoms with E-state index in [0.717, 1.165) is 66.9 Å². The van der Waals surface area contributed by atoms with Crippen molar-refractivity contribution in [1.82, 2.24) is 20.4 Å². The number of piperidine rings is 1. The summed E-state index contributed by atoms with van der Waals surface area (Å²) >= 11 is 0. The molecule has 0 unspecified atom stereocenters. The van der Waals surface area contributed by atoms with Gasteiger partial charge < -0.3 is 14.8 Å². The van der Waals surface area contributed by atoms with Crippen molar-refractivity contribution in [1.29, 1.82) is 0 Å². The molecule has 158 valence electrons. The second-order valence-corrected chi connectivity index (χ2v) is 8.25. The summed E-state index contributed by atoms with van der Waals surface area (Å²) in [6, 6.07) is 19.9. The molecule has 5 rings (SSSR count). The van der Waals surface area contributed by atoms with E-state index in [1.807, 2.05) is 66.9 Å². The van der Waals surface area contributed by atoms with Crippen LogP contribution in [0.25, 0.3) is 22.2 Å². The first kappa shape index (κ1) is 19.6. The molecule has 31 heavy (non-hydrogen) atoms. The predicted molar refractivity (Wildman–Crippen MR) is 121 cm³/mol. The smallest absolute Gasteiger partial charge is 0.251 e. The predicted octanol–water partition coefficient (Wildman–Crippen LogP) is 4.46. The third-order valence-electron chi connectivity index (χ3n) is 6.08. The quantitative estimate of drug-likeness (QED) is 0.488. The van der Waals surface area contributed by atoms with Gasteiger partial charge >= 0.3 is 0 Å². The molecule has 0 bridgehead atoms. The number of nitrogens with zero attached hydrogens (tertiary/aromatic N) is 2. The molecule has 1 aliphatic rings. The Hall–Kier alpha value is -3.38. The van der Waals surface area contributed by atoms with Crippen LogP contribution in [0.1, 0.15) is 29.0 Å². The number of aromatic amines is 1. The monoisotopic (exact) mass is 414 g/mol. The van der Waals surface area contributed by atoms with Crippen LogP contribution in [0.3, 0.4) is 0 Å². The molecule has 0 radical (unpaired) electrons. The zero-order chi connectivity index (χ0) is 21.0. The summed E-state index contributed by atoms with van der Waals surface area (Å²) < 4.78 is 5.55. The lowest BCUT2D eigenvalue weighted by atomic mass is 9.96. The SMILES string of the molecule is O=C(NCC1CCN(Cc2cc(-c3ccccc3)no2)CC1)c1ccc2cc[nH]c2c1. The van der Waals surface area contributed by atoms with E-state index in [1.165, 1.54) is 0 Å². The van der Waals surface area contributed by atoms with Crippen molar-refractivity contribution in [3.8, 4) is 11.3 Å². The fraction of sp³-hybridized carbons (Fsp3) is 0.280. The lowest BCUT2D eigenvalue weighted by molar-refractivity contribution is 0.0934. The largest absolute Gasteiger partial charge is 0.361 e. The van der Waals surface area contributed by atoms with E-state index >= 15 is 0 Å². The Bertz CT molecular complexity index is 1160. The van der Waals surface area contributed by atoms with Crippen LogP contribution in [0.15, 0.2) is 71.4 Å². The molecule has 0 saturated carbocycles. The average molecular weight is 415 g/mol. The topological polar surface area (TPSA) is 74.2 Å². The van der Waals surface area contributed by atoms with E-state index in [4.69, 9.17) is 4.52 Å². The number of rotatable bonds is 6. The standard InChI is InChI=1S/C25H26N4O2/c30-25(21-7-6-20-8-11-26-23(20)14-21)27-16-18-9-12-29(13-10-18)17-22-15-24(28-31-22)19-4-2-1-3-5-19/h1-8,11,14-15,18,26H,9-10,12-13,16-17H2,(H,27,30).